The highest BCUT2D eigenvalue weighted by atomic mass is 19.1. The first kappa shape index (κ1) is 13.8. The van der Waals surface area contributed by atoms with Crippen LogP contribution in [-0.2, 0) is 11.2 Å². The van der Waals surface area contributed by atoms with Gasteiger partial charge in [0.25, 0.3) is 0 Å². The molecule has 0 N–H and O–H groups in total. The zero-order valence-electron chi connectivity index (χ0n) is 11.8. The quantitative estimate of drug-likeness (QED) is 0.797. The fourth-order valence-electron chi connectivity index (χ4n) is 3.12. The molecule has 1 heterocycles. The number of hydrogen-bond donors (Lipinski definition) is 0. The van der Waals surface area contributed by atoms with Crippen LogP contribution in [0.3, 0.4) is 0 Å². The summed E-state index contributed by atoms with van der Waals surface area (Å²) in [6, 6.07) is 17.4. The minimum atomic E-state index is -1.19. The van der Waals surface area contributed by atoms with Crippen molar-refractivity contribution in [1.29, 1.82) is 0 Å². The van der Waals surface area contributed by atoms with Crippen LogP contribution in [-0.4, -0.2) is 19.0 Å². The number of carbonyl (C=O) groups is 1. The largest absolute Gasteiger partial charge is 0.361 e. The molecule has 0 saturated carbocycles. The van der Waals surface area contributed by atoms with Crippen molar-refractivity contribution in [1.82, 2.24) is 0 Å². The van der Waals surface area contributed by atoms with E-state index in [1.807, 2.05) is 48.5 Å². The second-order valence-corrected chi connectivity index (χ2v) is 5.34. The number of hydrogen-bond acceptors (Lipinski definition) is 2. The van der Waals surface area contributed by atoms with Gasteiger partial charge in [-0.2, -0.15) is 0 Å². The molecule has 0 aliphatic carbocycles. The van der Waals surface area contributed by atoms with Gasteiger partial charge >= 0.3 is 0 Å². The third-order valence-corrected chi connectivity index (χ3v) is 4.08. The van der Waals surface area contributed by atoms with Crippen molar-refractivity contribution >= 4 is 12.0 Å². The Balaban J connectivity index is 2.02. The van der Waals surface area contributed by atoms with Crippen molar-refractivity contribution < 1.29 is 9.18 Å². The number of aldehydes is 1. The average Bonchev–Trinajstić information content (AvgIpc) is 2.54. The Labute approximate surface area is 124 Å². The van der Waals surface area contributed by atoms with E-state index in [2.05, 4.69) is 11.0 Å². The standard InChI is InChI=1S/C18H18FNO/c19-17(11-13-21)18-16-9-5-4-6-14(16)10-12-20(18)15-7-2-1-3-8-15/h1-9,13,17-18H,10-12H2. The van der Waals surface area contributed by atoms with E-state index in [0.29, 0.717) is 6.29 Å². The number of nitrogens with zero attached hydrogens (tertiary/aromatic N) is 1. The topological polar surface area (TPSA) is 20.3 Å². The molecule has 3 rings (SSSR count). The first-order valence-electron chi connectivity index (χ1n) is 7.28. The number of rotatable bonds is 4. The van der Waals surface area contributed by atoms with Crippen molar-refractivity contribution in [3.05, 3.63) is 65.7 Å². The van der Waals surface area contributed by atoms with E-state index < -0.39 is 6.17 Å². The van der Waals surface area contributed by atoms with Crippen molar-refractivity contribution in [3.63, 3.8) is 0 Å². The molecule has 2 nitrogen and oxygen atoms in total. The number of alkyl halides is 1. The van der Waals surface area contributed by atoms with Gasteiger partial charge in [-0.1, -0.05) is 42.5 Å². The van der Waals surface area contributed by atoms with Crippen LogP contribution in [0.1, 0.15) is 23.6 Å². The summed E-state index contributed by atoms with van der Waals surface area (Å²) in [5.41, 5.74) is 3.19. The number of carbonyl (C=O) groups excluding carboxylic acids is 1. The summed E-state index contributed by atoms with van der Waals surface area (Å²) in [5.74, 6) is 0. The fraction of sp³-hybridized carbons (Fsp3) is 0.278. The van der Waals surface area contributed by atoms with Crippen LogP contribution in [0, 0.1) is 0 Å². The Morgan fingerprint density at radius 1 is 1.14 bits per heavy atom. The Morgan fingerprint density at radius 2 is 1.86 bits per heavy atom. The minimum absolute atomic E-state index is 0.0671. The zero-order valence-corrected chi connectivity index (χ0v) is 11.8. The molecule has 0 bridgehead atoms. The molecule has 2 aromatic rings. The van der Waals surface area contributed by atoms with E-state index in [0.717, 1.165) is 24.2 Å². The van der Waals surface area contributed by atoms with Gasteiger partial charge in [-0.05, 0) is 29.7 Å². The predicted molar refractivity (Wildman–Crippen MR) is 82.3 cm³/mol. The van der Waals surface area contributed by atoms with E-state index in [-0.39, 0.29) is 12.5 Å². The lowest BCUT2D eigenvalue weighted by Gasteiger charge is -2.40. The SMILES string of the molecule is O=CCC(F)C1c2ccccc2CCN1c1ccccc1. The van der Waals surface area contributed by atoms with Gasteiger partial charge in [-0.3, -0.25) is 0 Å². The molecule has 0 fully saturated rings. The molecule has 2 aromatic carbocycles. The maximum Gasteiger partial charge on any atom is 0.131 e. The van der Waals surface area contributed by atoms with E-state index in [1.54, 1.807) is 0 Å². The first-order chi connectivity index (χ1) is 10.3. The lowest BCUT2D eigenvalue weighted by atomic mass is 9.88. The highest BCUT2D eigenvalue weighted by molar-refractivity contribution is 5.55. The normalized spacial score (nSPS) is 18.9. The van der Waals surface area contributed by atoms with E-state index in [9.17, 15) is 9.18 Å². The monoisotopic (exact) mass is 283 g/mol. The lowest BCUT2D eigenvalue weighted by molar-refractivity contribution is -0.108. The summed E-state index contributed by atoms with van der Waals surface area (Å²) in [6.07, 6.45) is 0.312. The molecular weight excluding hydrogens is 265 g/mol. The number of fused-ring (bicyclic) bond motifs is 1. The highest BCUT2D eigenvalue weighted by Crippen LogP contribution is 2.37. The molecular formula is C18H18FNO. The molecule has 0 aromatic heterocycles. The molecule has 1 aliphatic heterocycles. The smallest absolute Gasteiger partial charge is 0.131 e. The summed E-state index contributed by atoms with van der Waals surface area (Å²) < 4.78 is 14.6. The molecule has 0 amide bonds. The fourth-order valence-corrected chi connectivity index (χ4v) is 3.12. The molecule has 108 valence electrons. The van der Waals surface area contributed by atoms with Crippen LogP contribution >= 0.6 is 0 Å². The molecule has 21 heavy (non-hydrogen) atoms. The van der Waals surface area contributed by atoms with Crippen molar-refractivity contribution in [2.45, 2.75) is 25.1 Å². The Bertz CT molecular complexity index is 614. The van der Waals surface area contributed by atoms with Crippen LogP contribution < -0.4 is 4.90 Å². The second kappa shape index (κ2) is 6.08. The molecule has 0 spiro atoms. The molecule has 0 saturated heterocycles. The van der Waals surface area contributed by atoms with E-state index in [1.165, 1.54) is 5.56 Å². The van der Waals surface area contributed by atoms with Crippen LogP contribution in [0.15, 0.2) is 54.6 Å². The van der Waals surface area contributed by atoms with Crippen LogP contribution in [0.4, 0.5) is 10.1 Å². The molecule has 2 unspecified atom stereocenters. The van der Waals surface area contributed by atoms with E-state index >= 15 is 0 Å². The van der Waals surface area contributed by atoms with Gasteiger partial charge in [0.15, 0.2) is 0 Å². The summed E-state index contributed by atoms with van der Waals surface area (Å²) >= 11 is 0. The molecule has 2 atom stereocenters. The first-order valence-corrected chi connectivity index (χ1v) is 7.28. The number of para-hydroxylation sites is 1. The summed E-state index contributed by atoms with van der Waals surface area (Å²) in [6.45, 7) is 0.769. The van der Waals surface area contributed by atoms with Crippen LogP contribution in [0.2, 0.25) is 0 Å². The van der Waals surface area contributed by atoms with Gasteiger partial charge in [0, 0.05) is 18.7 Å². The maximum absolute atomic E-state index is 14.6. The predicted octanol–water partition coefficient (Wildman–Crippen LogP) is 3.72. The lowest BCUT2D eigenvalue weighted by Crippen LogP contribution is -2.40. The summed E-state index contributed by atoms with van der Waals surface area (Å²) in [5, 5.41) is 0. The molecule has 0 radical (unpaired) electrons. The number of halogens is 1. The van der Waals surface area contributed by atoms with Gasteiger partial charge in [-0.15, -0.1) is 0 Å². The summed E-state index contributed by atoms with van der Waals surface area (Å²) in [4.78, 5) is 12.8. The van der Waals surface area contributed by atoms with Crippen LogP contribution in [0.25, 0.3) is 0 Å². The Hall–Kier alpha value is -2.16. The van der Waals surface area contributed by atoms with Gasteiger partial charge in [0.1, 0.15) is 12.5 Å². The Kier molecular flexibility index (Phi) is 4.00. The highest BCUT2D eigenvalue weighted by Gasteiger charge is 2.33. The summed E-state index contributed by atoms with van der Waals surface area (Å²) in [7, 11) is 0. The number of anilines is 1. The van der Waals surface area contributed by atoms with Gasteiger partial charge in [0.2, 0.25) is 0 Å². The zero-order chi connectivity index (χ0) is 14.7. The van der Waals surface area contributed by atoms with Gasteiger partial charge < -0.3 is 9.69 Å². The van der Waals surface area contributed by atoms with Crippen molar-refractivity contribution in [2.75, 3.05) is 11.4 Å². The third kappa shape index (κ3) is 2.68. The van der Waals surface area contributed by atoms with Crippen LogP contribution in [0.5, 0.6) is 0 Å². The van der Waals surface area contributed by atoms with E-state index in [4.69, 9.17) is 0 Å². The second-order valence-electron chi connectivity index (χ2n) is 5.34. The van der Waals surface area contributed by atoms with Gasteiger partial charge in [0.05, 0.1) is 6.04 Å². The number of benzene rings is 2. The maximum atomic E-state index is 14.6. The van der Waals surface area contributed by atoms with Crippen molar-refractivity contribution in [3.8, 4) is 0 Å². The third-order valence-electron chi connectivity index (χ3n) is 4.08. The minimum Gasteiger partial charge on any atom is -0.361 e. The molecule has 3 heteroatoms. The average molecular weight is 283 g/mol. The van der Waals surface area contributed by atoms with Gasteiger partial charge in [-0.25, -0.2) is 4.39 Å². The Morgan fingerprint density at radius 3 is 2.62 bits per heavy atom. The molecule has 1 aliphatic rings. The van der Waals surface area contributed by atoms with Crippen molar-refractivity contribution in [2.24, 2.45) is 0 Å².